The normalized spacial score (nSPS) is 16.5. The SMILES string of the molecule is CC(C)(C)c1ccc(S(=O)(=O)Nc2ccc(S(=O)(=O)N3CCOCC3)cc2)cc1. The molecule has 3 rings (SSSR count). The summed E-state index contributed by atoms with van der Waals surface area (Å²) >= 11 is 0. The molecule has 1 heterocycles. The minimum Gasteiger partial charge on any atom is -0.379 e. The third-order valence-electron chi connectivity index (χ3n) is 4.75. The maximum atomic E-state index is 12.6. The van der Waals surface area contributed by atoms with Crippen LogP contribution in [-0.2, 0) is 30.2 Å². The highest BCUT2D eigenvalue weighted by Crippen LogP contribution is 2.25. The summed E-state index contributed by atoms with van der Waals surface area (Å²) in [6.07, 6.45) is 0. The zero-order valence-corrected chi connectivity index (χ0v) is 18.4. The molecule has 7 nitrogen and oxygen atoms in total. The predicted molar refractivity (Wildman–Crippen MR) is 112 cm³/mol. The van der Waals surface area contributed by atoms with Crippen LogP contribution in [0.4, 0.5) is 5.69 Å². The fourth-order valence-electron chi connectivity index (χ4n) is 2.98. The van der Waals surface area contributed by atoms with Gasteiger partial charge in [0, 0.05) is 18.8 Å². The van der Waals surface area contributed by atoms with Crippen molar-refractivity contribution in [1.82, 2.24) is 4.31 Å². The molecular formula is C20H26N2O5S2. The maximum absolute atomic E-state index is 12.6. The molecule has 29 heavy (non-hydrogen) atoms. The number of nitrogens with zero attached hydrogens (tertiary/aromatic N) is 1. The molecule has 1 saturated heterocycles. The van der Waals surface area contributed by atoms with Gasteiger partial charge in [-0.05, 0) is 47.4 Å². The van der Waals surface area contributed by atoms with Gasteiger partial charge in [-0.25, -0.2) is 16.8 Å². The monoisotopic (exact) mass is 438 g/mol. The molecule has 1 N–H and O–H groups in total. The molecule has 1 aliphatic rings. The molecule has 1 fully saturated rings. The lowest BCUT2D eigenvalue weighted by Crippen LogP contribution is -2.40. The van der Waals surface area contributed by atoms with Gasteiger partial charge in [-0.2, -0.15) is 4.31 Å². The average Bonchev–Trinajstić information content (AvgIpc) is 2.68. The molecule has 1 aliphatic heterocycles. The zero-order chi connectivity index (χ0) is 21.3. The predicted octanol–water partition coefficient (Wildman–Crippen LogP) is 2.81. The summed E-state index contributed by atoms with van der Waals surface area (Å²) in [6.45, 7) is 7.52. The molecule has 0 aliphatic carbocycles. The highest BCUT2D eigenvalue weighted by atomic mass is 32.2. The number of sulfonamides is 2. The van der Waals surface area contributed by atoms with Crippen LogP contribution >= 0.6 is 0 Å². The number of hydrogen-bond donors (Lipinski definition) is 1. The van der Waals surface area contributed by atoms with E-state index in [0.29, 0.717) is 32.0 Å². The lowest BCUT2D eigenvalue weighted by molar-refractivity contribution is 0.0730. The Morgan fingerprint density at radius 1 is 0.828 bits per heavy atom. The van der Waals surface area contributed by atoms with Crippen molar-refractivity contribution in [3.05, 3.63) is 54.1 Å². The van der Waals surface area contributed by atoms with Crippen molar-refractivity contribution in [2.75, 3.05) is 31.0 Å². The van der Waals surface area contributed by atoms with E-state index in [4.69, 9.17) is 4.74 Å². The molecule has 0 amide bonds. The summed E-state index contributed by atoms with van der Waals surface area (Å²) in [5.74, 6) is 0. The second kappa shape index (κ2) is 8.06. The molecule has 0 unspecified atom stereocenters. The summed E-state index contributed by atoms with van der Waals surface area (Å²) in [6, 6.07) is 12.5. The number of ether oxygens (including phenoxy) is 1. The molecule has 0 radical (unpaired) electrons. The van der Waals surface area contributed by atoms with Crippen LogP contribution in [0.2, 0.25) is 0 Å². The van der Waals surface area contributed by atoms with Crippen molar-refractivity contribution in [3.8, 4) is 0 Å². The van der Waals surface area contributed by atoms with Crippen LogP contribution in [0.25, 0.3) is 0 Å². The Bertz CT molecular complexity index is 1050. The quantitative estimate of drug-likeness (QED) is 0.775. The van der Waals surface area contributed by atoms with Crippen LogP contribution in [0.15, 0.2) is 58.3 Å². The van der Waals surface area contributed by atoms with Gasteiger partial charge in [0.1, 0.15) is 0 Å². The van der Waals surface area contributed by atoms with E-state index in [1.165, 1.54) is 28.6 Å². The summed E-state index contributed by atoms with van der Waals surface area (Å²) in [7, 11) is -7.39. The minimum absolute atomic E-state index is 0.0719. The zero-order valence-electron chi connectivity index (χ0n) is 16.8. The maximum Gasteiger partial charge on any atom is 0.261 e. The number of benzene rings is 2. The third-order valence-corrected chi connectivity index (χ3v) is 8.06. The van der Waals surface area contributed by atoms with Crippen LogP contribution in [0.1, 0.15) is 26.3 Å². The average molecular weight is 439 g/mol. The van der Waals surface area contributed by atoms with Gasteiger partial charge in [0.2, 0.25) is 10.0 Å². The number of hydrogen-bond acceptors (Lipinski definition) is 5. The van der Waals surface area contributed by atoms with E-state index in [-0.39, 0.29) is 15.2 Å². The van der Waals surface area contributed by atoms with Gasteiger partial charge in [-0.15, -0.1) is 0 Å². The molecule has 2 aromatic carbocycles. The van der Waals surface area contributed by atoms with Gasteiger partial charge in [0.15, 0.2) is 0 Å². The Kier molecular flexibility index (Phi) is 6.05. The third kappa shape index (κ3) is 4.98. The van der Waals surface area contributed by atoms with Crippen molar-refractivity contribution in [3.63, 3.8) is 0 Å². The summed E-state index contributed by atoms with van der Waals surface area (Å²) in [5, 5.41) is 0. The lowest BCUT2D eigenvalue weighted by Gasteiger charge is -2.26. The molecular weight excluding hydrogens is 412 g/mol. The minimum atomic E-state index is -3.77. The Morgan fingerprint density at radius 2 is 1.34 bits per heavy atom. The topological polar surface area (TPSA) is 92.8 Å². The first-order valence-electron chi connectivity index (χ1n) is 9.31. The first kappa shape index (κ1) is 21.8. The fourth-order valence-corrected chi connectivity index (χ4v) is 5.45. The smallest absolute Gasteiger partial charge is 0.261 e. The van der Waals surface area contributed by atoms with Crippen LogP contribution in [0, 0.1) is 0 Å². The van der Waals surface area contributed by atoms with Gasteiger partial charge < -0.3 is 4.74 Å². The van der Waals surface area contributed by atoms with Crippen LogP contribution < -0.4 is 4.72 Å². The second-order valence-corrected chi connectivity index (χ2v) is 11.5. The van der Waals surface area contributed by atoms with E-state index in [1.54, 1.807) is 24.3 Å². The van der Waals surface area contributed by atoms with Gasteiger partial charge >= 0.3 is 0 Å². The van der Waals surface area contributed by atoms with E-state index >= 15 is 0 Å². The van der Waals surface area contributed by atoms with E-state index in [2.05, 4.69) is 25.5 Å². The molecule has 0 atom stereocenters. The molecule has 9 heteroatoms. The highest BCUT2D eigenvalue weighted by molar-refractivity contribution is 7.92. The Labute approximate surface area is 172 Å². The van der Waals surface area contributed by atoms with Gasteiger partial charge in [-0.1, -0.05) is 32.9 Å². The summed E-state index contributed by atoms with van der Waals surface area (Å²) < 4.78 is 59.6. The lowest BCUT2D eigenvalue weighted by atomic mass is 9.87. The first-order chi connectivity index (χ1) is 13.5. The molecule has 0 aromatic heterocycles. The van der Waals surface area contributed by atoms with Gasteiger partial charge in [0.25, 0.3) is 10.0 Å². The van der Waals surface area contributed by atoms with Crippen LogP contribution in [0.3, 0.4) is 0 Å². The number of morpholine rings is 1. The van der Waals surface area contributed by atoms with Crippen molar-refractivity contribution < 1.29 is 21.6 Å². The largest absolute Gasteiger partial charge is 0.379 e. The standard InChI is InChI=1S/C20H26N2O5S2/c1-20(2,3)16-4-8-18(9-5-16)28(23,24)21-17-6-10-19(11-7-17)29(25,26)22-12-14-27-15-13-22/h4-11,21H,12-15H2,1-3H3. The van der Waals surface area contributed by atoms with Gasteiger partial charge in [0.05, 0.1) is 23.0 Å². The molecule has 2 aromatic rings. The van der Waals surface area contributed by atoms with Crippen molar-refractivity contribution in [2.45, 2.75) is 36.0 Å². The highest BCUT2D eigenvalue weighted by Gasteiger charge is 2.26. The van der Waals surface area contributed by atoms with E-state index in [9.17, 15) is 16.8 Å². The second-order valence-electron chi connectivity index (χ2n) is 7.92. The summed E-state index contributed by atoms with van der Waals surface area (Å²) in [5.41, 5.74) is 1.26. The Hall–Kier alpha value is -1.94. The Balaban J connectivity index is 1.76. The van der Waals surface area contributed by atoms with Crippen LogP contribution in [-0.4, -0.2) is 47.4 Å². The Morgan fingerprint density at radius 3 is 1.86 bits per heavy atom. The number of rotatable bonds is 5. The van der Waals surface area contributed by atoms with Crippen molar-refractivity contribution in [1.29, 1.82) is 0 Å². The van der Waals surface area contributed by atoms with Crippen molar-refractivity contribution >= 4 is 25.7 Å². The van der Waals surface area contributed by atoms with Gasteiger partial charge in [-0.3, -0.25) is 4.72 Å². The molecule has 0 spiro atoms. The van der Waals surface area contributed by atoms with E-state index in [0.717, 1.165) is 5.56 Å². The van der Waals surface area contributed by atoms with E-state index < -0.39 is 20.0 Å². The number of anilines is 1. The molecule has 0 saturated carbocycles. The fraction of sp³-hybridized carbons (Fsp3) is 0.400. The molecule has 0 bridgehead atoms. The summed E-state index contributed by atoms with van der Waals surface area (Å²) in [4.78, 5) is 0.271. The van der Waals surface area contributed by atoms with Crippen LogP contribution in [0.5, 0.6) is 0 Å². The molecule has 158 valence electrons. The number of nitrogens with one attached hydrogen (secondary N) is 1. The van der Waals surface area contributed by atoms with Crippen molar-refractivity contribution in [2.24, 2.45) is 0 Å². The van der Waals surface area contributed by atoms with E-state index in [1.807, 2.05) is 0 Å². The first-order valence-corrected chi connectivity index (χ1v) is 12.2.